The van der Waals surface area contributed by atoms with Crippen molar-refractivity contribution in [3.63, 3.8) is 0 Å². The zero-order chi connectivity index (χ0) is 19.4. The molecule has 3 rings (SSSR count). The Balaban J connectivity index is 1.65. The number of rotatable bonds is 6. The van der Waals surface area contributed by atoms with Gasteiger partial charge in [0.1, 0.15) is 0 Å². The van der Waals surface area contributed by atoms with Crippen LogP contribution in [0.2, 0.25) is 0 Å². The highest BCUT2D eigenvalue weighted by Gasteiger charge is 2.48. The Labute approximate surface area is 168 Å². The quantitative estimate of drug-likeness (QED) is 0.484. The largest absolute Gasteiger partial charge is 0.388 e. The monoisotopic (exact) mass is 370 g/mol. The summed E-state index contributed by atoms with van der Waals surface area (Å²) < 4.78 is 0. The number of hydrogen-bond acceptors (Lipinski definition) is 1. The maximum Gasteiger partial charge on any atom is 0.0787 e. The number of unbranched alkanes of at least 4 members (excludes halogenated alkanes) is 1. The van der Waals surface area contributed by atoms with Crippen LogP contribution in [0.4, 0.5) is 0 Å². The molecule has 3 saturated carbocycles. The van der Waals surface area contributed by atoms with Crippen LogP contribution in [0.1, 0.15) is 97.8 Å². The molecule has 0 radical (unpaired) electrons. The predicted molar refractivity (Wildman–Crippen MR) is 117 cm³/mol. The first-order valence-electron chi connectivity index (χ1n) is 11.7. The average molecular weight is 371 g/mol. The van der Waals surface area contributed by atoms with Gasteiger partial charge in [-0.3, -0.25) is 0 Å². The molecular formula is C26H42O. The number of aliphatic hydroxyl groups is 1. The van der Waals surface area contributed by atoms with E-state index in [1.165, 1.54) is 63.4 Å². The van der Waals surface area contributed by atoms with Crippen LogP contribution < -0.4 is 0 Å². The zero-order valence-electron chi connectivity index (χ0n) is 18.1. The lowest BCUT2D eigenvalue weighted by Crippen LogP contribution is -2.33. The third kappa shape index (κ3) is 4.78. The first kappa shape index (κ1) is 20.9. The van der Waals surface area contributed by atoms with Crippen molar-refractivity contribution in [3.05, 3.63) is 35.5 Å². The van der Waals surface area contributed by atoms with Crippen LogP contribution in [0, 0.1) is 23.2 Å². The zero-order valence-corrected chi connectivity index (χ0v) is 18.1. The minimum atomic E-state index is -0.318. The van der Waals surface area contributed by atoms with Gasteiger partial charge in [-0.25, -0.2) is 0 Å². The molecule has 3 aliphatic carbocycles. The molecule has 4 unspecified atom stereocenters. The number of fused-ring (bicyclic) bond motifs is 1. The molecule has 0 amide bonds. The number of hydrogen-bond donors (Lipinski definition) is 1. The molecule has 152 valence electrons. The van der Waals surface area contributed by atoms with E-state index in [1.807, 2.05) is 0 Å². The van der Waals surface area contributed by atoms with Crippen molar-refractivity contribution in [2.45, 2.75) is 104 Å². The smallest absolute Gasteiger partial charge is 0.0787 e. The molecule has 0 aromatic carbocycles. The van der Waals surface area contributed by atoms with Gasteiger partial charge in [0.05, 0.1) is 6.10 Å². The summed E-state index contributed by atoms with van der Waals surface area (Å²) in [6, 6.07) is 0. The number of allylic oxidation sites excluding steroid dienone is 3. The second-order valence-corrected chi connectivity index (χ2v) is 10.2. The molecule has 3 fully saturated rings. The van der Waals surface area contributed by atoms with Crippen LogP contribution in [0.5, 0.6) is 0 Å². The van der Waals surface area contributed by atoms with Gasteiger partial charge in [0, 0.05) is 0 Å². The molecule has 1 N–H and O–H groups in total. The topological polar surface area (TPSA) is 20.2 Å². The summed E-state index contributed by atoms with van der Waals surface area (Å²) in [5.41, 5.74) is 4.47. The van der Waals surface area contributed by atoms with Gasteiger partial charge in [0.25, 0.3) is 0 Å². The van der Waals surface area contributed by atoms with E-state index in [9.17, 15) is 5.11 Å². The van der Waals surface area contributed by atoms with Gasteiger partial charge in [-0.1, -0.05) is 64.3 Å². The van der Waals surface area contributed by atoms with Crippen molar-refractivity contribution in [2.24, 2.45) is 23.2 Å². The summed E-state index contributed by atoms with van der Waals surface area (Å²) in [6.07, 6.45) is 20.0. The molecule has 27 heavy (non-hydrogen) atoms. The van der Waals surface area contributed by atoms with E-state index in [-0.39, 0.29) is 6.10 Å². The Bertz CT molecular complexity index is 581. The van der Waals surface area contributed by atoms with Gasteiger partial charge in [0.15, 0.2) is 0 Å². The summed E-state index contributed by atoms with van der Waals surface area (Å²) in [4.78, 5) is 0. The fourth-order valence-electron chi connectivity index (χ4n) is 6.20. The second-order valence-electron chi connectivity index (χ2n) is 10.2. The van der Waals surface area contributed by atoms with Gasteiger partial charge in [-0.05, 0) is 92.1 Å². The van der Waals surface area contributed by atoms with Gasteiger partial charge in [-0.2, -0.15) is 0 Å². The maximum absolute atomic E-state index is 10.1. The van der Waals surface area contributed by atoms with Crippen LogP contribution in [0.15, 0.2) is 35.5 Å². The SMILES string of the molecule is C=C1/C(=C\C=C2/CCCC3(C)C(CCCCC(C)C)CCC23)CCCC1O. The van der Waals surface area contributed by atoms with Gasteiger partial charge in [-0.15, -0.1) is 0 Å². The van der Waals surface area contributed by atoms with Crippen LogP contribution in [0.25, 0.3) is 0 Å². The molecule has 1 heteroatoms. The van der Waals surface area contributed by atoms with Gasteiger partial charge >= 0.3 is 0 Å². The van der Waals surface area contributed by atoms with Crippen molar-refractivity contribution < 1.29 is 5.11 Å². The van der Waals surface area contributed by atoms with Crippen LogP contribution >= 0.6 is 0 Å². The first-order valence-corrected chi connectivity index (χ1v) is 11.7. The highest BCUT2D eigenvalue weighted by Crippen LogP contribution is 2.58. The van der Waals surface area contributed by atoms with Crippen LogP contribution in [-0.4, -0.2) is 11.2 Å². The summed E-state index contributed by atoms with van der Waals surface area (Å²) >= 11 is 0. The lowest BCUT2D eigenvalue weighted by Gasteiger charge is -2.42. The first-order chi connectivity index (χ1) is 12.9. The third-order valence-corrected chi connectivity index (χ3v) is 7.98. The number of aliphatic hydroxyl groups excluding tert-OH is 1. The van der Waals surface area contributed by atoms with Gasteiger partial charge in [0.2, 0.25) is 0 Å². The van der Waals surface area contributed by atoms with Crippen LogP contribution in [-0.2, 0) is 0 Å². The molecular weight excluding hydrogens is 328 g/mol. The standard InChI is InChI=1S/C26H42O/c1-19(2)9-5-6-12-23-16-17-24-22(11-8-18-26(23,24)4)15-14-21-10-7-13-25(27)20(21)3/h14-15,19,23-25,27H,3,5-13,16-18H2,1-2,4H3/b21-14-,22-15+. The normalized spacial score (nSPS) is 37.4. The lowest BCUT2D eigenvalue weighted by molar-refractivity contribution is 0.127. The van der Waals surface area contributed by atoms with E-state index >= 15 is 0 Å². The summed E-state index contributed by atoms with van der Waals surface area (Å²) in [6.45, 7) is 11.4. The Morgan fingerprint density at radius 1 is 1.11 bits per heavy atom. The van der Waals surface area contributed by atoms with Crippen molar-refractivity contribution in [1.82, 2.24) is 0 Å². The molecule has 0 saturated heterocycles. The Hall–Kier alpha value is -0.820. The Morgan fingerprint density at radius 2 is 1.93 bits per heavy atom. The molecule has 1 nitrogen and oxygen atoms in total. The van der Waals surface area contributed by atoms with E-state index < -0.39 is 0 Å². The molecule has 4 atom stereocenters. The van der Waals surface area contributed by atoms with E-state index in [1.54, 1.807) is 5.57 Å². The van der Waals surface area contributed by atoms with E-state index in [0.717, 1.165) is 42.6 Å². The van der Waals surface area contributed by atoms with E-state index in [0.29, 0.717) is 5.41 Å². The van der Waals surface area contributed by atoms with Crippen molar-refractivity contribution in [1.29, 1.82) is 0 Å². The minimum Gasteiger partial charge on any atom is -0.388 e. The van der Waals surface area contributed by atoms with Crippen molar-refractivity contribution in [2.75, 3.05) is 0 Å². The summed E-state index contributed by atoms with van der Waals surface area (Å²) in [5, 5.41) is 10.1. The lowest BCUT2D eigenvalue weighted by atomic mass is 9.62. The average Bonchev–Trinajstić information content (AvgIpc) is 2.96. The summed E-state index contributed by atoms with van der Waals surface area (Å²) in [7, 11) is 0. The Morgan fingerprint density at radius 3 is 2.70 bits per heavy atom. The van der Waals surface area contributed by atoms with E-state index in [4.69, 9.17) is 0 Å². The molecule has 0 aromatic rings. The molecule has 0 aliphatic heterocycles. The predicted octanol–water partition coefficient (Wildman–Crippen LogP) is 7.37. The van der Waals surface area contributed by atoms with Gasteiger partial charge < -0.3 is 5.11 Å². The molecule has 0 spiro atoms. The highest BCUT2D eigenvalue weighted by molar-refractivity contribution is 5.37. The molecule has 3 aliphatic rings. The van der Waals surface area contributed by atoms with Crippen molar-refractivity contribution in [3.8, 4) is 0 Å². The minimum absolute atomic E-state index is 0.318. The van der Waals surface area contributed by atoms with E-state index in [2.05, 4.69) is 39.5 Å². The maximum atomic E-state index is 10.1. The summed E-state index contributed by atoms with van der Waals surface area (Å²) in [5.74, 6) is 2.57. The third-order valence-electron chi connectivity index (χ3n) is 7.98. The molecule has 0 aromatic heterocycles. The van der Waals surface area contributed by atoms with Crippen molar-refractivity contribution >= 4 is 0 Å². The molecule has 0 heterocycles. The fourth-order valence-corrected chi connectivity index (χ4v) is 6.20. The highest BCUT2D eigenvalue weighted by atomic mass is 16.3. The molecule has 0 bridgehead atoms. The second kappa shape index (κ2) is 9.12. The van der Waals surface area contributed by atoms with Crippen LogP contribution in [0.3, 0.4) is 0 Å². The Kier molecular flexibility index (Phi) is 7.06. The fraction of sp³-hybridized carbons (Fsp3) is 0.769.